The Bertz CT molecular complexity index is 519. The number of rotatable bonds is 4. The van der Waals surface area contributed by atoms with E-state index in [1.807, 2.05) is 6.07 Å². The van der Waals surface area contributed by atoms with E-state index in [2.05, 4.69) is 5.32 Å². The van der Waals surface area contributed by atoms with Crippen LogP contribution in [-0.4, -0.2) is 48.4 Å². The zero-order valence-electron chi connectivity index (χ0n) is 11.8. The van der Waals surface area contributed by atoms with Crippen LogP contribution in [0.5, 0.6) is 0 Å². The van der Waals surface area contributed by atoms with Gasteiger partial charge in [0.15, 0.2) is 0 Å². The number of nitriles is 1. The summed E-state index contributed by atoms with van der Waals surface area (Å²) < 4.78 is 5.46. The monoisotopic (exact) mass is 289 g/mol. The molecule has 0 saturated carbocycles. The molecule has 0 unspecified atom stereocenters. The van der Waals surface area contributed by atoms with Gasteiger partial charge in [-0.2, -0.15) is 5.26 Å². The predicted octanol–water partition coefficient (Wildman–Crippen LogP) is 1.56. The largest absolute Gasteiger partial charge is 0.394 e. The fraction of sp³-hybridized carbons (Fsp3) is 0.467. The topological polar surface area (TPSA) is 85.6 Å². The van der Waals surface area contributed by atoms with Gasteiger partial charge in [0.05, 0.1) is 31.0 Å². The summed E-state index contributed by atoms with van der Waals surface area (Å²) in [6, 6.07) is 8.72. The lowest BCUT2D eigenvalue weighted by Gasteiger charge is -2.31. The van der Waals surface area contributed by atoms with Gasteiger partial charge < -0.3 is 20.1 Å². The number of anilines is 1. The van der Waals surface area contributed by atoms with Crippen molar-refractivity contribution in [2.24, 2.45) is 0 Å². The molecular weight excluding hydrogens is 270 g/mol. The Balaban J connectivity index is 1.83. The molecule has 0 aromatic heterocycles. The number of piperidine rings is 1. The first-order chi connectivity index (χ1) is 10.2. The first-order valence-electron chi connectivity index (χ1n) is 7.01. The van der Waals surface area contributed by atoms with E-state index in [0.29, 0.717) is 30.9 Å². The minimum absolute atomic E-state index is 0.0237. The smallest absolute Gasteiger partial charge is 0.321 e. The number of carbonyl (C=O) groups is 1. The van der Waals surface area contributed by atoms with E-state index in [0.717, 1.165) is 12.8 Å². The molecule has 0 bridgehead atoms. The summed E-state index contributed by atoms with van der Waals surface area (Å²) in [7, 11) is 0. The van der Waals surface area contributed by atoms with Crippen LogP contribution in [0.4, 0.5) is 10.5 Å². The number of carbonyl (C=O) groups excluding carboxylic acids is 1. The molecule has 21 heavy (non-hydrogen) atoms. The molecule has 0 atom stereocenters. The fourth-order valence-electron chi connectivity index (χ4n) is 2.31. The van der Waals surface area contributed by atoms with Crippen molar-refractivity contribution in [3.63, 3.8) is 0 Å². The Hall–Kier alpha value is -2.10. The van der Waals surface area contributed by atoms with Crippen LogP contribution in [0.1, 0.15) is 18.4 Å². The highest BCUT2D eigenvalue weighted by atomic mass is 16.5. The van der Waals surface area contributed by atoms with Gasteiger partial charge in [-0.05, 0) is 31.0 Å². The van der Waals surface area contributed by atoms with Gasteiger partial charge in [0, 0.05) is 18.8 Å². The number of amides is 2. The fourth-order valence-corrected chi connectivity index (χ4v) is 2.31. The summed E-state index contributed by atoms with van der Waals surface area (Å²) >= 11 is 0. The lowest BCUT2D eigenvalue weighted by atomic mass is 10.1. The van der Waals surface area contributed by atoms with E-state index in [-0.39, 0.29) is 18.7 Å². The number of urea groups is 1. The second-order valence-corrected chi connectivity index (χ2v) is 4.90. The molecule has 1 saturated heterocycles. The van der Waals surface area contributed by atoms with Crippen LogP contribution in [0.15, 0.2) is 24.3 Å². The average Bonchev–Trinajstić information content (AvgIpc) is 2.53. The molecule has 2 amide bonds. The van der Waals surface area contributed by atoms with Crippen molar-refractivity contribution < 1.29 is 14.6 Å². The highest BCUT2D eigenvalue weighted by Gasteiger charge is 2.23. The Kier molecular flexibility index (Phi) is 5.55. The van der Waals surface area contributed by atoms with Crippen molar-refractivity contribution in [1.29, 1.82) is 5.26 Å². The van der Waals surface area contributed by atoms with Gasteiger partial charge in [0.1, 0.15) is 0 Å². The quantitative estimate of drug-likeness (QED) is 0.881. The van der Waals surface area contributed by atoms with E-state index in [1.165, 1.54) is 0 Å². The average molecular weight is 289 g/mol. The van der Waals surface area contributed by atoms with Gasteiger partial charge in [0.2, 0.25) is 0 Å². The molecule has 1 aromatic carbocycles. The third-order valence-electron chi connectivity index (χ3n) is 3.42. The molecule has 0 spiro atoms. The standard InChI is InChI=1S/C15H19N3O3/c16-11-12-2-1-3-13(10-12)17-15(20)18-6-4-14(5-7-18)21-9-8-19/h1-3,10,14,19H,4-9H2,(H,17,20). The van der Waals surface area contributed by atoms with E-state index in [4.69, 9.17) is 15.1 Å². The van der Waals surface area contributed by atoms with Crippen molar-refractivity contribution in [3.8, 4) is 6.07 Å². The molecule has 2 rings (SSSR count). The van der Waals surface area contributed by atoms with Gasteiger partial charge >= 0.3 is 6.03 Å². The predicted molar refractivity (Wildman–Crippen MR) is 77.8 cm³/mol. The number of hydrogen-bond acceptors (Lipinski definition) is 4. The van der Waals surface area contributed by atoms with E-state index < -0.39 is 0 Å². The van der Waals surface area contributed by atoms with Crippen LogP contribution in [0.25, 0.3) is 0 Å². The number of nitrogens with zero attached hydrogens (tertiary/aromatic N) is 2. The summed E-state index contributed by atoms with van der Waals surface area (Å²) in [4.78, 5) is 13.9. The Labute approximate surface area is 123 Å². The minimum atomic E-state index is -0.161. The Morgan fingerprint density at radius 2 is 2.24 bits per heavy atom. The van der Waals surface area contributed by atoms with Gasteiger partial charge in [0.25, 0.3) is 0 Å². The minimum Gasteiger partial charge on any atom is -0.394 e. The number of aliphatic hydroxyl groups is 1. The van der Waals surface area contributed by atoms with Gasteiger partial charge in [-0.3, -0.25) is 0 Å². The number of hydrogen-bond donors (Lipinski definition) is 2. The van der Waals surface area contributed by atoms with E-state index in [1.54, 1.807) is 29.2 Å². The molecule has 2 N–H and O–H groups in total. The van der Waals surface area contributed by atoms with Crippen molar-refractivity contribution in [2.75, 3.05) is 31.6 Å². The second-order valence-electron chi connectivity index (χ2n) is 4.90. The third-order valence-corrected chi connectivity index (χ3v) is 3.42. The van der Waals surface area contributed by atoms with Crippen LogP contribution in [0.3, 0.4) is 0 Å². The van der Waals surface area contributed by atoms with Gasteiger partial charge in [-0.1, -0.05) is 6.07 Å². The van der Waals surface area contributed by atoms with Crippen molar-refractivity contribution in [1.82, 2.24) is 4.90 Å². The van der Waals surface area contributed by atoms with Crippen LogP contribution in [0, 0.1) is 11.3 Å². The number of aliphatic hydroxyl groups excluding tert-OH is 1. The van der Waals surface area contributed by atoms with E-state index in [9.17, 15) is 4.79 Å². The van der Waals surface area contributed by atoms with Gasteiger partial charge in [-0.15, -0.1) is 0 Å². The maximum atomic E-state index is 12.1. The summed E-state index contributed by atoms with van der Waals surface area (Å²) in [5.74, 6) is 0. The molecule has 1 aliphatic heterocycles. The zero-order chi connectivity index (χ0) is 15.1. The highest BCUT2D eigenvalue weighted by Crippen LogP contribution is 2.16. The summed E-state index contributed by atoms with van der Waals surface area (Å²) in [6.07, 6.45) is 1.65. The molecule has 0 radical (unpaired) electrons. The zero-order valence-corrected chi connectivity index (χ0v) is 11.8. The second kappa shape index (κ2) is 7.62. The Morgan fingerprint density at radius 1 is 1.48 bits per heavy atom. The summed E-state index contributed by atoms with van der Waals surface area (Å²) in [6.45, 7) is 1.62. The number of ether oxygens (including phenoxy) is 1. The lowest BCUT2D eigenvalue weighted by molar-refractivity contribution is -0.000875. The molecule has 1 fully saturated rings. The molecular formula is C15H19N3O3. The van der Waals surface area contributed by atoms with Crippen molar-refractivity contribution >= 4 is 11.7 Å². The molecule has 1 heterocycles. The van der Waals surface area contributed by atoms with Crippen molar-refractivity contribution in [3.05, 3.63) is 29.8 Å². The normalized spacial score (nSPS) is 15.5. The Morgan fingerprint density at radius 3 is 2.90 bits per heavy atom. The molecule has 6 nitrogen and oxygen atoms in total. The van der Waals surface area contributed by atoms with E-state index >= 15 is 0 Å². The van der Waals surface area contributed by atoms with Crippen LogP contribution in [-0.2, 0) is 4.74 Å². The maximum absolute atomic E-state index is 12.1. The lowest BCUT2D eigenvalue weighted by Crippen LogP contribution is -2.43. The molecule has 112 valence electrons. The number of nitrogens with one attached hydrogen (secondary N) is 1. The molecule has 1 aromatic rings. The van der Waals surface area contributed by atoms with Crippen LogP contribution in [0.2, 0.25) is 0 Å². The van der Waals surface area contributed by atoms with Crippen molar-refractivity contribution in [2.45, 2.75) is 18.9 Å². The first kappa shape index (κ1) is 15.3. The SMILES string of the molecule is N#Cc1cccc(NC(=O)N2CCC(OCCO)CC2)c1. The molecule has 1 aliphatic rings. The van der Waals surface area contributed by atoms with Crippen LogP contribution >= 0.6 is 0 Å². The number of likely N-dealkylation sites (tertiary alicyclic amines) is 1. The maximum Gasteiger partial charge on any atom is 0.321 e. The van der Waals surface area contributed by atoms with Gasteiger partial charge in [-0.25, -0.2) is 4.79 Å². The summed E-state index contributed by atoms with van der Waals surface area (Å²) in [5, 5.41) is 20.4. The van der Waals surface area contributed by atoms with Crippen LogP contribution < -0.4 is 5.32 Å². The molecule has 6 heteroatoms. The highest BCUT2D eigenvalue weighted by molar-refractivity contribution is 5.89. The molecule has 0 aliphatic carbocycles. The first-order valence-corrected chi connectivity index (χ1v) is 7.01. The third kappa shape index (κ3) is 4.45. The number of benzene rings is 1. The summed E-state index contributed by atoms with van der Waals surface area (Å²) in [5.41, 5.74) is 1.14.